The molecule has 1 fully saturated rings. The smallest absolute Gasteiger partial charge is 0.339 e. The van der Waals surface area contributed by atoms with Crippen LogP contribution in [0.15, 0.2) is 42.5 Å². The monoisotopic (exact) mass is 297 g/mol. The van der Waals surface area contributed by atoms with Crippen molar-refractivity contribution < 1.29 is 19.8 Å². The fraction of sp³-hybridized carbons (Fsp3) is 0.176. The highest BCUT2D eigenvalue weighted by molar-refractivity contribution is 5.96. The van der Waals surface area contributed by atoms with Crippen molar-refractivity contribution in [3.8, 4) is 16.9 Å². The van der Waals surface area contributed by atoms with Crippen LogP contribution in [0.25, 0.3) is 11.1 Å². The molecular weight excluding hydrogens is 282 g/mol. The molecule has 112 valence electrons. The molecule has 1 aliphatic rings. The Morgan fingerprint density at radius 2 is 1.77 bits per heavy atom. The predicted molar refractivity (Wildman–Crippen MR) is 81.0 cm³/mol. The van der Waals surface area contributed by atoms with Gasteiger partial charge >= 0.3 is 5.97 Å². The lowest BCUT2D eigenvalue weighted by Crippen LogP contribution is -2.25. The molecule has 0 aliphatic heterocycles. The van der Waals surface area contributed by atoms with Crippen molar-refractivity contribution >= 4 is 11.9 Å². The van der Waals surface area contributed by atoms with Gasteiger partial charge in [0.05, 0.1) is 0 Å². The first-order valence-corrected chi connectivity index (χ1v) is 7.02. The Hall–Kier alpha value is -2.82. The summed E-state index contributed by atoms with van der Waals surface area (Å²) in [5.41, 5.74) is 1.80. The number of phenols is 1. The number of carbonyl (C=O) groups is 2. The summed E-state index contributed by atoms with van der Waals surface area (Å²) in [5, 5.41) is 21.6. The number of carboxylic acid groups (broad SMARTS) is 1. The van der Waals surface area contributed by atoms with Crippen LogP contribution >= 0.6 is 0 Å². The van der Waals surface area contributed by atoms with E-state index in [0.717, 1.165) is 18.4 Å². The molecule has 0 atom stereocenters. The van der Waals surface area contributed by atoms with Crippen LogP contribution in [0, 0.1) is 0 Å². The molecular formula is C17H15NO4. The summed E-state index contributed by atoms with van der Waals surface area (Å²) in [6.45, 7) is 0. The van der Waals surface area contributed by atoms with E-state index in [-0.39, 0.29) is 23.3 Å². The SMILES string of the molecule is O=C(NC1CC1)c1cccc(-c2ccc(C(=O)O)c(O)c2)c1. The summed E-state index contributed by atoms with van der Waals surface area (Å²) in [7, 11) is 0. The molecule has 22 heavy (non-hydrogen) atoms. The highest BCUT2D eigenvalue weighted by Crippen LogP contribution is 2.27. The fourth-order valence-corrected chi connectivity index (χ4v) is 2.23. The summed E-state index contributed by atoms with van der Waals surface area (Å²) < 4.78 is 0. The van der Waals surface area contributed by atoms with E-state index < -0.39 is 5.97 Å². The Kier molecular flexibility index (Phi) is 3.55. The second kappa shape index (κ2) is 5.52. The molecule has 1 aliphatic carbocycles. The van der Waals surface area contributed by atoms with Crippen LogP contribution in [0.4, 0.5) is 0 Å². The van der Waals surface area contributed by atoms with Crippen LogP contribution in [0.1, 0.15) is 33.6 Å². The minimum absolute atomic E-state index is 0.115. The molecule has 2 aromatic carbocycles. The maximum absolute atomic E-state index is 12.1. The van der Waals surface area contributed by atoms with Crippen molar-refractivity contribution in [1.82, 2.24) is 5.32 Å². The van der Waals surface area contributed by atoms with Gasteiger partial charge in [-0.05, 0) is 48.2 Å². The largest absolute Gasteiger partial charge is 0.507 e. The summed E-state index contributed by atoms with van der Waals surface area (Å²) in [5.74, 6) is -1.59. The number of nitrogens with one attached hydrogen (secondary N) is 1. The van der Waals surface area contributed by atoms with Crippen molar-refractivity contribution in [2.75, 3.05) is 0 Å². The van der Waals surface area contributed by atoms with Crippen molar-refractivity contribution in [2.45, 2.75) is 18.9 Å². The van der Waals surface area contributed by atoms with Gasteiger partial charge in [0.1, 0.15) is 11.3 Å². The lowest BCUT2D eigenvalue weighted by molar-refractivity contribution is 0.0693. The summed E-state index contributed by atoms with van der Waals surface area (Å²) in [6, 6.07) is 11.7. The van der Waals surface area contributed by atoms with E-state index in [1.165, 1.54) is 12.1 Å². The zero-order valence-electron chi connectivity index (χ0n) is 11.7. The summed E-state index contributed by atoms with van der Waals surface area (Å²) in [4.78, 5) is 23.0. The first-order valence-electron chi connectivity index (χ1n) is 7.02. The zero-order chi connectivity index (χ0) is 15.7. The highest BCUT2D eigenvalue weighted by atomic mass is 16.4. The van der Waals surface area contributed by atoms with E-state index in [9.17, 15) is 14.7 Å². The second-order valence-electron chi connectivity index (χ2n) is 5.37. The number of hydrogen-bond acceptors (Lipinski definition) is 3. The third-order valence-electron chi connectivity index (χ3n) is 3.60. The Morgan fingerprint density at radius 1 is 1.05 bits per heavy atom. The molecule has 0 aromatic heterocycles. The maximum atomic E-state index is 12.1. The number of rotatable bonds is 4. The summed E-state index contributed by atoms with van der Waals surface area (Å²) >= 11 is 0. The average molecular weight is 297 g/mol. The number of aromatic carboxylic acids is 1. The topological polar surface area (TPSA) is 86.6 Å². The molecule has 5 nitrogen and oxygen atoms in total. The van der Waals surface area contributed by atoms with Crippen molar-refractivity contribution in [3.05, 3.63) is 53.6 Å². The number of aromatic hydroxyl groups is 1. The molecule has 3 rings (SSSR count). The molecule has 0 unspecified atom stereocenters. The van der Waals surface area contributed by atoms with Crippen LogP contribution < -0.4 is 5.32 Å². The molecule has 1 amide bonds. The van der Waals surface area contributed by atoms with E-state index in [0.29, 0.717) is 11.1 Å². The number of carbonyl (C=O) groups excluding carboxylic acids is 1. The Bertz CT molecular complexity index is 750. The lowest BCUT2D eigenvalue weighted by atomic mass is 10.0. The van der Waals surface area contributed by atoms with Gasteiger partial charge < -0.3 is 15.5 Å². The van der Waals surface area contributed by atoms with Crippen LogP contribution in [0.3, 0.4) is 0 Å². The molecule has 0 radical (unpaired) electrons. The Morgan fingerprint density at radius 3 is 2.41 bits per heavy atom. The molecule has 1 saturated carbocycles. The van der Waals surface area contributed by atoms with Crippen molar-refractivity contribution in [2.24, 2.45) is 0 Å². The normalized spacial score (nSPS) is 13.6. The van der Waals surface area contributed by atoms with Crippen molar-refractivity contribution in [3.63, 3.8) is 0 Å². The van der Waals surface area contributed by atoms with Crippen molar-refractivity contribution in [1.29, 1.82) is 0 Å². The van der Waals surface area contributed by atoms with E-state index in [1.807, 2.05) is 6.07 Å². The predicted octanol–water partition coefficient (Wildman–Crippen LogP) is 2.65. The number of carboxylic acids is 1. The number of benzene rings is 2. The zero-order valence-corrected chi connectivity index (χ0v) is 11.7. The third-order valence-corrected chi connectivity index (χ3v) is 3.60. The second-order valence-corrected chi connectivity index (χ2v) is 5.37. The molecule has 3 N–H and O–H groups in total. The number of amides is 1. The standard InChI is InChI=1S/C17H15NO4/c19-15-9-11(4-7-14(15)17(21)22)10-2-1-3-12(8-10)16(20)18-13-5-6-13/h1-4,7-9,13,19H,5-6H2,(H,18,20)(H,21,22). The first kappa shape index (κ1) is 14.1. The van der Waals surface area contributed by atoms with E-state index >= 15 is 0 Å². The van der Waals surface area contributed by atoms with Gasteiger partial charge in [-0.3, -0.25) is 4.79 Å². The maximum Gasteiger partial charge on any atom is 0.339 e. The fourth-order valence-electron chi connectivity index (χ4n) is 2.23. The van der Waals surface area contributed by atoms with Crippen LogP contribution in [0.5, 0.6) is 5.75 Å². The minimum Gasteiger partial charge on any atom is -0.507 e. The molecule has 5 heteroatoms. The highest BCUT2D eigenvalue weighted by Gasteiger charge is 2.23. The van der Waals surface area contributed by atoms with E-state index in [4.69, 9.17) is 5.11 Å². The van der Waals surface area contributed by atoms with Gasteiger partial charge in [0.2, 0.25) is 0 Å². The van der Waals surface area contributed by atoms with Gasteiger partial charge in [0.25, 0.3) is 5.91 Å². The molecule has 0 spiro atoms. The van der Waals surface area contributed by atoms with Gasteiger partial charge in [-0.1, -0.05) is 18.2 Å². The van der Waals surface area contributed by atoms with Crippen LogP contribution in [0.2, 0.25) is 0 Å². The first-order chi connectivity index (χ1) is 10.5. The minimum atomic E-state index is -1.18. The van der Waals surface area contributed by atoms with Crippen LogP contribution in [-0.4, -0.2) is 28.1 Å². The van der Waals surface area contributed by atoms with E-state index in [2.05, 4.69) is 5.32 Å². The van der Waals surface area contributed by atoms with E-state index in [1.54, 1.807) is 24.3 Å². The Balaban J connectivity index is 1.89. The van der Waals surface area contributed by atoms with Gasteiger partial charge in [0.15, 0.2) is 0 Å². The van der Waals surface area contributed by atoms with Gasteiger partial charge in [-0.15, -0.1) is 0 Å². The quantitative estimate of drug-likeness (QED) is 0.809. The van der Waals surface area contributed by atoms with Gasteiger partial charge in [-0.25, -0.2) is 4.79 Å². The molecule has 0 saturated heterocycles. The third kappa shape index (κ3) is 2.93. The number of hydrogen-bond donors (Lipinski definition) is 3. The van der Waals surface area contributed by atoms with Gasteiger partial charge in [0, 0.05) is 11.6 Å². The van der Waals surface area contributed by atoms with Gasteiger partial charge in [-0.2, -0.15) is 0 Å². The lowest BCUT2D eigenvalue weighted by Gasteiger charge is -2.08. The molecule has 0 heterocycles. The Labute approximate surface area is 127 Å². The molecule has 2 aromatic rings. The molecule has 0 bridgehead atoms. The average Bonchev–Trinajstić information content (AvgIpc) is 3.31. The summed E-state index contributed by atoms with van der Waals surface area (Å²) in [6.07, 6.45) is 2.05. The van der Waals surface area contributed by atoms with Crippen LogP contribution in [-0.2, 0) is 0 Å².